The molecule has 2 unspecified atom stereocenters. The van der Waals surface area contributed by atoms with E-state index in [0.29, 0.717) is 6.42 Å². The third kappa shape index (κ3) is 8.73. The van der Waals surface area contributed by atoms with Crippen LogP contribution in [0.3, 0.4) is 0 Å². The van der Waals surface area contributed by atoms with Crippen LogP contribution in [0.5, 0.6) is 0 Å². The van der Waals surface area contributed by atoms with Crippen molar-refractivity contribution in [2.75, 3.05) is 0 Å². The normalized spacial score (nSPS) is 14.3. The fourth-order valence-electron chi connectivity index (χ4n) is 2.30. The quantitative estimate of drug-likeness (QED) is 0.418. The molecule has 116 valence electrons. The van der Waals surface area contributed by atoms with Crippen LogP contribution in [0.1, 0.15) is 65.2 Å². The fraction of sp³-hybridized carbons (Fsp3) is 0.750. The van der Waals surface area contributed by atoms with Gasteiger partial charge in [-0.3, -0.25) is 9.59 Å². The highest BCUT2D eigenvalue weighted by Gasteiger charge is 2.29. The number of unbranched alkanes of at least 4 members (excludes halogenated alkanes) is 3. The van der Waals surface area contributed by atoms with Gasteiger partial charge in [0.25, 0.3) is 0 Å². The highest BCUT2D eigenvalue weighted by atomic mass is 16.4. The number of allylic oxidation sites excluding steroid dienone is 2. The van der Waals surface area contributed by atoms with Crippen LogP contribution in [0.25, 0.3) is 0 Å². The van der Waals surface area contributed by atoms with Gasteiger partial charge < -0.3 is 10.2 Å². The summed E-state index contributed by atoms with van der Waals surface area (Å²) in [6.45, 7) is 4.19. The van der Waals surface area contributed by atoms with Crippen LogP contribution in [0, 0.1) is 11.8 Å². The van der Waals surface area contributed by atoms with Crippen LogP contribution in [0.4, 0.5) is 0 Å². The van der Waals surface area contributed by atoms with E-state index in [1.54, 1.807) is 0 Å². The molecule has 0 fully saturated rings. The molecule has 20 heavy (non-hydrogen) atoms. The van der Waals surface area contributed by atoms with Gasteiger partial charge in [-0.05, 0) is 25.2 Å². The number of carbonyl (C=O) groups is 2. The molecule has 0 aromatic carbocycles. The standard InChI is InChI=1S/C16H28O4/c1-3-5-7-8-9-11-13(10-6-4-2)14(16(19)20)12-15(17)18/h8-9,13-14H,3-7,10-12H2,1-2H3,(H,17,18)(H,19,20). The van der Waals surface area contributed by atoms with E-state index in [-0.39, 0.29) is 12.3 Å². The minimum Gasteiger partial charge on any atom is -0.481 e. The minimum atomic E-state index is -1.03. The molecule has 4 heteroatoms. The average Bonchev–Trinajstić information content (AvgIpc) is 2.39. The van der Waals surface area contributed by atoms with E-state index in [1.807, 2.05) is 6.08 Å². The second-order valence-corrected chi connectivity index (χ2v) is 5.29. The fourth-order valence-corrected chi connectivity index (χ4v) is 2.30. The number of hydrogen-bond acceptors (Lipinski definition) is 2. The predicted octanol–water partition coefficient (Wildman–Crippen LogP) is 4.10. The summed E-state index contributed by atoms with van der Waals surface area (Å²) in [7, 11) is 0. The van der Waals surface area contributed by atoms with Crippen molar-refractivity contribution >= 4 is 11.9 Å². The molecule has 0 aromatic rings. The molecule has 0 spiro atoms. The van der Waals surface area contributed by atoms with E-state index in [1.165, 1.54) is 0 Å². The zero-order valence-electron chi connectivity index (χ0n) is 12.7. The summed E-state index contributed by atoms with van der Waals surface area (Å²) in [4.78, 5) is 22.1. The molecule has 0 aromatic heterocycles. The van der Waals surface area contributed by atoms with Gasteiger partial charge in [-0.1, -0.05) is 51.7 Å². The lowest BCUT2D eigenvalue weighted by molar-refractivity contribution is -0.150. The highest BCUT2D eigenvalue weighted by molar-refractivity contribution is 5.78. The summed E-state index contributed by atoms with van der Waals surface area (Å²) < 4.78 is 0. The average molecular weight is 284 g/mol. The first-order valence-corrected chi connectivity index (χ1v) is 7.62. The number of hydrogen-bond donors (Lipinski definition) is 2. The summed E-state index contributed by atoms with van der Waals surface area (Å²) in [6.07, 6.45) is 10.5. The molecule has 0 bridgehead atoms. The predicted molar refractivity (Wildman–Crippen MR) is 79.7 cm³/mol. The lowest BCUT2D eigenvalue weighted by atomic mass is 9.83. The summed E-state index contributed by atoms with van der Waals surface area (Å²) in [6, 6.07) is 0. The van der Waals surface area contributed by atoms with Crippen molar-refractivity contribution in [3.63, 3.8) is 0 Å². The van der Waals surface area contributed by atoms with Crippen molar-refractivity contribution in [3.05, 3.63) is 12.2 Å². The number of rotatable bonds is 12. The second kappa shape index (κ2) is 11.5. The van der Waals surface area contributed by atoms with E-state index in [9.17, 15) is 14.7 Å². The first-order valence-electron chi connectivity index (χ1n) is 7.62. The third-order valence-electron chi connectivity index (χ3n) is 3.54. The monoisotopic (exact) mass is 284 g/mol. The van der Waals surface area contributed by atoms with Crippen molar-refractivity contribution in [2.24, 2.45) is 11.8 Å². The minimum absolute atomic E-state index is 0.0820. The zero-order valence-corrected chi connectivity index (χ0v) is 12.7. The third-order valence-corrected chi connectivity index (χ3v) is 3.54. The molecule has 2 N–H and O–H groups in total. The Balaban J connectivity index is 4.59. The van der Waals surface area contributed by atoms with Gasteiger partial charge in [-0.15, -0.1) is 0 Å². The molecule has 0 aliphatic rings. The van der Waals surface area contributed by atoms with Gasteiger partial charge in [0.05, 0.1) is 12.3 Å². The molecule has 2 atom stereocenters. The van der Waals surface area contributed by atoms with E-state index in [4.69, 9.17) is 5.11 Å². The van der Waals surface area contributed by atoms with Crippen LogP contribution in [0.2, 0.25) is 0 Å². The summed E-state index contributed by atoms with van der Waals surface area (Å²) in [5.74, 6) is -2.89. The van der Waals surface area contributed by atoms with Gasteiger partial charge in [-0.2, -0.15) is 0 Å². The van der Waals surface area contributed by atoms with Crippen LogP contribution in [-0.4, -0.2) is 22.2 Å². The smallest absolute Gasteiger partial charge is 0.307 e. The van der Waals surface area contributed by atoms with E-state index >= 15 is 0 Å². The van der Waals surface area contributed by atoms with Gasteiger partial charge in [0, 0.05) is 0 Å². The van der Waals surface area contributed by atoms with Crippen LogP contribution >= 0.6 is 0 Å². The number of carboxylic acid groups (broad SMARTS) is 2. The topological polar surface area (TPSA) is 74.6 Å². The van der Waals surface area contributed by atoms with Crippen molar-refractivity contribution in [1.29, 1.82) is 0 Å². The SMILES string of the molecule is CCCCC=CCC(CCCC)C(CC(=O)O)C(=O)O. The summed E-state index contributed by atoms with van der Waals surface area (Å²) in [5.41, 5.74) is 0. The van der Waals surface area contributed by atoms with Gasteiger partial charge in [-0.25, -0.2) is 0 Å². The molecule has 0 rings (SSSR count). The Morgan fingerprint density at radius 1 is 1.05 bits per heavy atom. The second-order valence-electron chi connectivity index (χ2n) is 5.29. The Morgan fingerprint density at radius 2 is 1.70 bits per heavy atom. The van der Waals surface area contributed by atoms with Crippen LogP contribution in [-0.2, 0) is 9.59 Å². The first kappa shape index (κ1) is 18.7. The summed E-state index contributed by atoms with van der Waals surface area (Å²) in [5, 5.41) is 18.1. The molecule has 0 saturated heterocycles. The zero-order chi connectivity index (χ0) is 15.4. The Bertz CT molecular complexity index is 310. The van der Waals surface area contributed by atoms with Crippen molar-refractivity contribution < 1.29 is 19.8 Å². The van der Waals surface area contributed by atoms with E-state index < -0.39 is 17.9 Å². The van der Waals surface area contributed by atoms with Crippen molar-refractivity contribution in [1.82, 2.24) is 0 Å². The highest BCUT2D eigenvalue weighted by Crippen LogP contribution is 2.26. The van der Waals surface area contributed by atoms with Crippen LogP contribution in [0.15, 0.2) is 12.2 Å². The summed E-state index contributed by atoms with van der Waals surface area (Å²) >= 11 is 0. The Hall–Kier alpha value is -1.32. The molecular formula is C16H28O4. The Morgan fingerprint density at radius 3 is 2.20 bits per heavy atom. The van der Waals surface area contributed by atoms with Gasteiger partial charge >= 0.3 is 11.9 Å². The van der Waals surface area contributed by atoms with E-state index in [0.717, 1.165) is 38.5 Å². The van der Waals surface area contributed by atoms with Crippen molar-refractivity contribution in [3.8, 4) is 0 Å². The molecule has 0 heterocycles. The van der Waals surface area contributed by atoms with Gasteiger partial charge in [0.2, 0.25) is 0 Å². The lowest BCUT2D eigenvalue weighted by Gasteiger charge is -2.21. The Labute approximate surface area is 121 Å². The first-order chi connectivity index (χ1) is 9.52. The van der Waals surface area contributed by atoms with Gasteiger partial charge in [0.1, 0.15) is 0 Å². The lowest BCUT2D eigenvalue weighted by Crippen LogP contribution is -2.26. The maximum atomic E-state index is 11.3. The molecular weight excluding hydrogens is 256 g/mol. The largest absolute Gasteiger partial charge is 0.481 e. The number of aliphatic carboxylic acids is 2. The number of carboxylic acids is 2. The maximum Gasteiger partial charge on any atom is 0.307 e. The molecule has 0 aliphatic carbocycles. The van der Waals surface area contributed by atoms with Crippen LogP contribution < -0.4 is 0 Å². The molecule has 0 saturated carbocycles. The maximum absolute atomic E-state index is 11.3. The molecule has 0 amide bonds. The van der Waals surface area contributed by atoms with E-state index in [2.05, 4.69) is 19.9 Å². The molecule has 0 radical (unpaired) electrons. The Kier molecular flexibility index (Phi) is 10.7. The molecule has 0 aliphatic heterocycles. The molecule has 4 nitrogen and oxygen atoms in total. The van der Waals surface area contributed by atoms with Crippen molar-refractivity contribution in [2.45, 2.75) is 65.2 Å². The van der Waals surface area contributed by atoms with Gasteiger partial charge in [0.15, 0.2) is 0 Å².